The molecule has 90 valence electrons. The summed E-state index contributed by atoms with van der Waals surface area (Å²) in [6.07, 6.45) is 0.707. The predicted octanol–water partition coefficient (Wildman–Crippen LogP) is 2.07. The lowest BCUT2D eigenvalue weighted by molar-refractivity contribution is 0.260. The first-order chi connectivity index (χ1) is 7.65. The van der Waals surface area contributed by atoms with Crippen molar-refractivity contribution in [2.24, 2.45) is 5.92 Å². The van der Waals surface area contributed by atoms with Crippen LogP contribution in [0.5, 0.6) is 0 Å². The molecule has 1 atom stereocenters. The fourth-order valence-electron chi connectivity index (χ4n) is 1.46. The lowest BCUT2D eigenvalue weighted by Gasteiger charge is -2.11. The van der Waals surface area contributed by atoms with Gasteiger partial charge in [0.2, 0.25) is 0 Å². The summed E-state index contributed by atoms with van der Waals surface area (Å²) in [5.74, 6) is -1.28. The number of aliphatic hydroxyl groups is 1. The summed E-state index contributed by atoms with van der Waals surface area (Å²) in [6, 6.07) is 4.15. The van der Waals surface area contributed by atoms with E-state index in [4.69, 9.17) is 5.11 Å². The van der Waals surface area contributed by atoms with Gasteiger partial charge in [0.05, 0.1) is 0 Å². The van der Waals surface area contributed by atoms with Crippen LogP contribution in [0.4, 0.5) is 8.78 Å². The quantitative estimate of drug-likeness (QED) is 0.782. The first-order valence-corrected chi connectivity index (χ1v) is 5.39. The summed E-state index contributed by atoms with van der Waals surface area (Å²) < 4.78 is 26.1. The van der Waals surface area contributed by atoms with Crippen LogP contribution >= 0.6 is 0 Å². The summed E-state index contributed by atoms with van der Waals surface area (Å²) >= 11 is 0. The molecule has 1 unspecified atom stereocenters. The summed E-state index contributed by atoms with van der Waals surface area (Å²) in [4.78, 5) is 0. The maximum Gasteiger partial charge on any atom is 0.163 e. The molecule has 1 aromatic rings. The highest BCUT2D eigenvalue weighted by Crippen LogP contribution is 2.11. The van der Waals surface area contributed by atoms with Crippen molar-refractivity contribution >= 4 is 0 Å². The van der Waals surface area contributed by atoms with Gasteiger partial charge in [-0.05, 0) is 24.9 Å². The molecule has 0 fully saturated rings. The van der Waals surface area contributed by atoms with Gasteiger partial charge in [-0.15, -0.1) is 0 Å². The summed E-state index contributed by atoms with van der Waals surface area (Å²) in [6.45, 7) is 3.12. The molecule has 0 saturated carbocycles. The second-order valence-corrected chi connectivity index (χ2v) is 3.96. The molecule has 0 heterocycles. The highest BCUT2D eigenvalue weighted by Gasteiger charge is 2.07. The lowest BCUT2D eigenvalue weighted by atomic mass is 10.1. The number of hydrogen-bond acceptors (Lipinski definition) is 2. The molecule has 0 aromatic heterocycles. The zero-order valence-electron chi connectivity index (χ0n) is 9.34. The van der Waals surface area contributed by atoms with Gasteiger partial charge in [-0.3, -0.25) is 0 Å². The molecule has 0 aliphatic carbocycles. The van der Waals surface area contributed by atoms with E-state index in [2.05, 4.69) is 5.32 Å². The Bertz CT molecular complexity index is 331. The third-order valence-electron chi connectivity index (χ3n) is 2.46. The van der Waals surface area contributed by atoms with Gasteiger partial charge in [-0.2, -0.15) is 0 Å². The lowest BCUT2D eigenvalue weighted by Crippen LogP contribution is -2.22. The monoisotopic (exact) mass is 229 g/mol. The maximum atomic E-state index is 13.2. The molecule has 2 nitrogen and oxygen atoms in total. The SMILES string of the molecule is CC(CCO)CNCc1cccc(F)c1F. The number of aliphatic hydroxyl groups excluding tert-OH is 1. The van der Waals surface area contributed by atoms with Crippen LogP contribution < -0.4 is 5.32 Å². The smallest absolute Gasteiger partial charge is 0.163 e. The molecule has 0 radical (unpaired) electrons. The fourth-order valence-corrected chi connectivity index (χ4v) is 1.46. The summed E-state index contributed by atoms with van der Waals surface area (Å²) in [5, 5.41) is 11.7. The Labute approximate surface area is 94.3 Å². The third kappa shape index (κ3) is 3.87. The summed E-state index contributed by atoms with van der Waals surface area (Å²) in [7, 11) is 0. The minimum atomic E-state index is -0.817. The van der Waals surface area contributed by atoms with Crippen molar-refractivity contribution in [2.75, 3.05) is 13.2 Å². The molecule has 16 heavy (non-hydrogen) atoms. The van der Waals surface area contributed by atoms with Gasteiger partial charge in [0.25, 0.3) is 0 Å². The van der Waals surface area contributed by atoms with Crippen LogP contribution in [-0.4, -0.2) is 18.3 Å². The van der Waals surface area contributed by atoms with Crippen molar-refractivity contribution in [1.29, 1.82) is 0 Å². The van der Waals surface area contributed by atoms with Crippen molar-refractivity contribution in [1.82, 2.24) is 5.32 Å². The number of benzene rings is 1. The minimum absolute atomic E-state index is 0.150. The van der Waals surface area contributed by atoms with E-state index in [9.17, 15) is 8.78 Å². The van der Waals surface area contributed by atoms with Crippen LogP contribution in [0.2, 0.25) is 0 Å². The van der Waals surface area contributed by atoms with Gasteiger partial charge in [0.1, 0.15) is 0 Å². The Hall–Kier alpha value is -1.00. The van der Waals surface area contributed by atoms with Crippen molar-refractivity contribution in [3.05, 3.63) is 35.4 Å². The average Bonchev–Trinajstić information content (AvgIpc) is 2.25. The van der Waals surface area contributed by atoms with Crippen LogP contribution in [0.25, 0.3) is 0 Å². The second kappa shape index (κ2) is 6.55. The highest BCUT2D eigenvalue weighted by molar-refractivity contribution is 5.18. The van der Waals surface area contributed by atoms with Crippen molar-refractivity contribution in [3.8, 4) is 0 Å². The van der Waals surface area contributed by atoms with Crippen molar-refractivity contribution in [3.63, 3.8) is 0 Å². The Morgan fingerprint density at radius 2 is 2.12 bits per heavy atom. The van der Waals surface area contributed by atoms with Crippen molar-refractivity contribution in [2.45, 2.75) is 19.9 Å². The Morgan fingerprint density at radius 3 is 2.81 bits per heavy atom. The van der Waals surface area contributed by atoms with Gasteiger partial charge in [-0.1, -0.05) is 19.1 Å². The van der Waals surface area contributed by atoms with Crippen LogP contribution in [0.15, 0.2) is 18.2 Å². The van der Waals surface area contributed by atoms with E-state index in [0.717, 1.165) is 6.07 Å². The zero-order chi connectivity index (χ0) is 12.0. The molecule has 0 amide bonds. The van der Waals surface area contributed by atoms with E-state index < -0.39 is 11.6 Å². The second-order valence-electron chi connectivity index (χ2n) is 3.96. The largest absolute Gasteiger partial charge is 0.396 e. The molecule has 0 aliphatic heterocycles. The zero-order valence-corrected chi connectivity index (χ0v) is 9.34. The van der Waals surface area contributed by atoms with Crippen LogP contribution in [0.1, 0.15) is 18.9 Å². The molecule has 1 rings (SSSR count). The third-order valence-corrected chi connectivity index (χ3v) is 2.46. The van der Waals surface area contributed by atoms with E-state index in [0.29, 0.717) is 31.0 Å². The Morgan fingerprint density at radius 1 is 1.38 bits per heavy atom. The topological polar surface area (TPSA) is 32.3 Å². The van der Waals surface area contributed by atoms with Crippen molar-refractivity contribution < 1.29 is 13.9 Å². The normalized spacial score (nSPS) is 12.8. The molecule has 0 bridgehead atoms. The standard InChI is InChI=1S/C12H17F2NO/c1-9(5-6-16)7-15-8-10-3-2-4-11(13)12(10)14/h2-4,9,15-16H,5-8H2,1H3. The molecule has 0 aliphatic rings. The fraction of sp³-hybridized carbons (Fsp3) is 0.500. The van der Waals surface area contributed by atoms with E-state index in [1.165, 1.54) is 6.07 Å². The van der Waals surface area contributed by atoms with E-state index in [1.807, 2.05) is 6.92 Å². The molecular weight excluding hydrogens is 212 g/mol. The first-order valence-electron chi connectivity index (χ1n) is 5.39. The van der Waals surface area contributed by atoms with E-state index >= 15 is 0 Å². The summed E-state index contributed by atoms with van der Waals surface area (Å²) in [5.41, 5.74) is 0.330. The molecule has 2 N–H and O–H groups in total. The first kappa shape index (κ1) is 13.1. The molecule has 4 heteroatoms. The van der Waals surface area contributed by atoms with Gasteiger partial charge in [0, 0.05) is 18.7 Å². The van der Waals surface area contributed by atoms with Crippen LogP contribution in [-0.2, 0) is 6.54 Å². The van der Waals surface area contributed by atoms with Crippen LogP contribution in [0.3, 0.4) is 0 Å². The average molecular weight is 229 g/mol. The van der Waals surface area contributed by atoms with E-state index in [-0.39, 0.29) is 6.61 Å². The molecular formula is C12H17F2NO. The van der Waals surface area contributed by atoms with Gasteiger partial charge >= 0.3 is 0 Å². The van der Waals surface area contributed by atoms with Gasteiger partial charge in [0.15, 0.2) is 11.6 Å². The minimum Gasteiger partial charge on any atom is -0.396 e. The number of nitrogens with one attached hydrogen (secondary N) is 1. The Balaban J connectivity index is 2.40. The number of hydrogen-bond donors (Lipinski definition) is 2. The predicted molar refractivity (Wildman–Crippen MR) is 58.9 cm³/mol. The number of halogens is 2. The van der Waals surface area contributed by atoms with Gasteiger partial charge < -0.3 is 10.4 Å². The van der Waals surface area contributed by atoms with Gasteiger partial charge in [-0.25, -0.2) is 8.78 Å². The highest BCUT2D eigenvalue weighted by atomic mass is 19.2. The maximum absolute atomic E-state index is 13.2. The molecule has 0 saturated heterocycles. The Kier molecular flexibility index (Phi) is 5.35. The van der Waals surface area contributed by atoms with Crippen LogP contribution in [0, 0.1) is 17.6 Å². The van der Waals surface area contributed by atoms with E-state index in [1.54, 1.807) is 6.07 Å². The molecule has 0 spiro atoms. The number of rotatable bonds is 6. The molecule has 1 aromatic carbocycles.